The number of carbonyl (C=O) groups is 1. The minimum Gasteiger partial charge on any atom is -0.465 e. The molecule has 2 aromatic rings. The Hall–Kier alpha value is -1.78. The van der Waals surface area contributed by atoms with Crippen LogP contribution in [-0.4, -0.2) is 13.1 Å². The van der Waals surface area contributed by atoms with Crippen LogP contribution in [0.4, 0.5) is 0 Å². The maximum absolute atomic E-state index is 11.3. The van der Waals surface area contributed by atoms with E-state index in [2.05, 4.69) is 21.6 Å². The minimum atomic E-state index is -0.311. The van der Waals surface area contributed by atoms with Crippen molar-refractivity contribution in [1.82, 2.24) is 4.72 Å². The second-order valence-electron chi connectivity index (χ2n) is 3.92. The van der Waals surface area contributed by atoms with Crippen LogP contribution in [0.2, 0.25) is 0 Å². The highest BCUT2D eigenvalue weighted by Gasteiger charge is 2.04. The van der Waals surface area contributed by atoms with E-state index in [9.17, 15) is 4.79 Å². The van der Waals surface area contributed by atoms with Crippen molar-refractivity contribution >= 4 is 17.9 Å². The fourth-order valence-corrected chi connectivity index (χ4v) is 2.25. The van der Waals surface area contributed by atoms with Gasteiger partial charge in [-0.1, -0.05) is 30.3 Å². The summed E-state index contributed by atoms with van der Waals surface area (Å²) in [6, 6.07) is 17.5. The van der Waals surface area contributed by atoms with Gasteiger partial charge in [-0.2, -0.15) is 0 Å². The van der Waals surface area contributed by atoms with Crippen molar-refractivity contribution in [3.05, 3.63) is 65.7 Å². The molecule has 0 aliphatic rings. The molecule has 0 aliphatic heterocycles. The monoisotopic (exact) mass is 273 g/mol. The van der Waals surface area contributed by atoms with Gasteiger partial charge in [-0.25, -0.2) is 4.79 Å². The number of hydrogen-bond donors (Lipinski definition) is 1. The quantitative estimate of drug-likeness (QED) is 0.670. The molecule has 4 heteroatoms. The zero-order valence-electron chi connectivity index (χ0n) is 10.6. The Kier molecular flexibility index (Phi) is 5.01. The highest BCUT2D eigenvalue weighted by molar-refractivity contribution is 7.97. The summed E-state index contributed by atoms with van der Waals surface area (Å²) in [5, 5.41) is 0. The maximum atomic E-state index is 11.3. The van der Waals surface area contributed by atoms with E-state index in [4.69, 9.17) is 0 Å². The number of nitrogens with one attached hydrogen (secondary N) is 1. The third kappa shape index (κ3) is 4.12. The summed E-state index contributed by atoms with van der Waals surface area (Å²) in [6.07, 6.45) is 0. The third-order valence-corrected chi connectivity index (χ3v) is 3.38. The predicted molar refractivity (Wildman–Crippen MR) is 76.9 cm³/mol. The SMILES string of the molecule is COC(=O)c1ccc(SNCc2ccccc2)cc1. The van der Waals surface area contributed by atoms with Crippen LogP contribution in [-0.2, 0) is 11.3 Å². The number of benzene rings is 2. The lowest BCUT2D eigenvalue weighted by Crippen LogP contribution is -2.03. The number of ether oxygens (including phenoxy) is 1. The van der Waals surface area contributed by atoms with Gasteiger partial charge in [0.2, 0.25) is 0 Å². The Morgan fingerprint density at radius 2 is 1.79 bits per heavy atom. The summed E-state index contributed by atoms with van der Waals surface area (Å²) in [5.41, 5.74) is 1.80. The summed E-state index contributed by atoms with van der Waals surface area (Å²) in [5.74, 6) is -0.311. The molecule has 0 heterocycles. The first-order valence-corrected chi connectivity index (χ1v) is 6.73. The van der Waals surface area contributed by atoms with Crippen LogP contribution >= 0.6 is 11.9 Å². The summed E-state index contributed by atoms with van der Waals surface area (Å²) in [4.78, 5) is 12.3. The average Bonchev–Trinajstić information content (AvgIpc) is 2.48. The molecule has 0 radical (unpaired) electrons. The Morgan fingerprint density at radius 3 is 2.42 bits per heavy atom. The zero-order chi connectivity index (χ0) is 13.5. The van der Waals surface area contributed by atoms with Crippen molar-refractivity contribution in [2.45, 2.75) is 11.4 Å². The van der Waals surface area contributed by atoms with E-state index in [1.54, 1.807) is 24.1 Å². The van der Waals surface area contributed by atoms with E-state index in [1.165, 1.54) is 12.7 Å². The van der Waals surface area contributed by atoms with Gasteiger partial charge < -0.3 is 4.74 Å². The van der Waals surface area contributed by atoms with E-state index in [1.807, 2.05) is 30.3 Å². The Balaban J connectivity index is 1.85. The van der Waals surface area contributed by atoms with Crippen LogP contribution in [0.1, 0.15) is 15.9 Å². The summed E-state index contributed by atoms with van der Waals surface area (Å²) in [7, 11) is 1.38. The highest BCUT2D eigenvalue weighted by Crippen LogP contribution is 2.16. The van der Waals surface area contributed by atoms with E-state index >= 15 is 0 Å². The smallest absolute Gasteiger partial charge is 0.337 e. The molecule has 2 aromatic carbocycles. The second kappa shape index (κ2) is 6.97. The largest absolute Gasteiger partial charge is 0.465 e. The molecule has 0 saturated carbocycles. The number of carbonyl (C=O) groups excluding carboxylic acids is 1. The molecule has 19 heavy (non-hydrogen) atoms. The van der Waals surface area contributed by atoms with Gasteiger partial charge >= 0.3 is 5.97 Å². The molecular formula is C15H15NO2S. The molecule has 0 bridgehead atoms. The Labute approximate surface area is 117 Å². The van der Waals surface area contributed by atoms with Crippen molar-refractivity contribution in [2.75, 3.05) is 7.11 Å². The van der Waals surface area contributed by atoms with Gasteiger partial charge in [0.1, 0.15) is 0 Å². The summed E-state index contributed by atoms with van der Waals surface area (Å²) < 4.78 is 7.93. The standard InChI is InChI=1S/C15H15NO2S/c1-18-15(17)13-7-9-14(10-8-13)19-16-11-12-5-3-2-4-6-12/h2-10,16H,11H2,1H3. The molecule has 3 nitrogen and oxygen atoms in total. The fraction of sp³-hybridized carbons (Fsp3) is 0.133. The highest BCUT2D eigenvalue weighted by atomic mass is 32.2. The van der Waals surface area contributed by atoms with E-state index in [-0.39, 0.29) is 5.97 Å². The molecule has 0 unspecified atom stereocenters. The molecule has 0 aromatic heterocycles. The Morgan fingerprint density at radius 1 is 1.11 bits per heavy atom. The Bertz CT molecular complexity index is 526. The van der Waals surface area contributed by atoms with E-state index < -0.39 is 0 Å². The lowest BCUT2D eigenvalue weighted by molar-refractivity contribution is 0.0600. The normalized spacial score (nSPS) is 10.2. The molecular weight excluding hydrogens is 258 g/mol. The lowest BCUT2D eigenvalue weighted by Gasteiger charge is -2.05. The number of methoxy groups -OCH3 is 1. The first kappa shape index (κ1) is 13.6. The molecule has 1 N–H and O–H groups in total. The fourth-order valence-electron chi connectivity index (χ4n) is 1.58. The molecule has 0 saturated heterocycles. The van der Waals surface area contributed by atoms with Gasteiger partial charge in [0, 0.05) is 11.4 Å². The van der Waals surface area contributed by atoms with Crippen molar-refractivity contribution in [3.8, 4) is 0 Å². The zero-order valence-corrected chi connectivity index (χ0v) is 11.4. The van der Waals surface area contributed by atoms with Crippen molar-refractivity contribution in [1.29, 1.82) is 0 Å². The molecule has 0 spiro atoms. The van der Waals surface area contributed by atoms with Crippen LogP contribution in [0.3, 0.4) is 0 Å². The first-order chi connectivity index (χ1) is 9.29. The number of hydrogen-bond acceptors (Lipinski definition) is 4. The van der Waals surface area contributed by atoms with E-state index in [0.29, 0.717) is 5.56 Å². The van der Waals surface area contributed by atoms with Crippen molar-refractivity contribution < 1.29 is 9.53 Å². The predicted octanol–water partition coefficient (Wildman–Crippen LogP) is 3.27. The van der Waals surface area contributed by atoms with Crippen LogP contribution in [0.25, 0.3) is 0 Å². The topological polar surface area (TPSA) is 38.3 Å². The molecule has 98 valence electrons. The minimum absolute atomic E-state index is 0.311. The summed E-state index contributed by atoms with van der Waals surface area (Å²) >= 11 is 1.54. The lowest BCUT2D eigenvalue weighted by atomic mass is 10.2. The van der Waals surface area contributed by atoms with Crippen LogP contribution in [0, 0.1) is 0 Å². The second-order valence-corrected chi connectivity index (χ2v) is 4.89. The van der Waals surface area contributed by atoms with Gasteiger partial charge in [-0.3, -0.25) is 4.72 Å². The van der Waals surface area contributed by atoms with Crippen LogP contribution in [0.15, 0.2) is 59.5 Å². The molecule has 0 amide bonds. The maximum Gasteiger partial charge on any atom is 0.337 e. The van der Waals surface area contributed by atoms with Gasteiger partial charge in [-0.15, -0.1) is 0 Å². The first-order valence-electron chi connectivity index (χ1n) is 5.91. The van der Waals surface area contributed by atoms with E-state index in [0.717, 1.165) is 11.4 Å². The van der Waals surface area contributed by atoms with Crippen molar-refractivity contribution in [2.24, 2.45) is 0 Å². The molecule has 0 fully saturated rings. The average molecular weight is 273 g/mol. The molecule has 0 atom stereocenters. The summed E-state index contributed by atoms with van der Waals surface area (Å²) in [6.45, 7) is 0.796. The van der Waals surface area contributed by atoms with Crippen LogP contribution in [0.5, 0.6) is 0 Å². The van der Waals surface area contributed by atoms with Gasteiger partial charge in [-0.05, 0) is 41.8 Å². The van der Waals surface area contributed by atoms with Crippen LogP contribution < -0.4 is 4.72 Å². The molecule has 0 aliphatic carbocycles. The third-order valence-electron chi connectivity index (χ3n) is 2.58. The van der Waals surface area contributed by atoms with Crippen molar-refractivity contribution in [3.63, 3.8) is 0 Å². The van der Waals surface area contributed by atoms with Gasteiger partial charge in [0.25, 0.3) is 0 Å². The van der Waals surface area contributed by atoms with Gasteiger partial charge in [0.15, 0.2) is 0 Å². The van der Waals surface area contributed by atoms with Gasteiger partial charge in [0.05, 0.1) is 12.7 Å². The number of rotatable bonds is 5. The number of esters is 1. The molecule has 2 rings (SSSR count).